The molecule has 10 heteroatoms. The van der Waals surface area contributed by atoms with E-state index < -0.39 is 9.84 Å². The van der Waals surface area contributed by atoms with Crippen LogP contribution in [0.15, 0.2) is 57.0 Å². The molecule has 3 N–H and O–H groups in total. The normalized spacial score (nSPS) is 12.1. The third kappa shape index (κ3) is 5.92. The van der Waals surface area contributed by atoms with Crippen molar-refractivity contribution in [2.75, 3.05) is 19.3 Å². The van der Waals surface area contributed by atoms with Crippen molar-refractivity contribution in [1.29, 1.82) is 0 Å². The zero-order valence-electron chi connectivity index (χ0n) is 16.3. The van der Waals surface area contributed by atoms with Gasteiger partial charge in [-0.15, -0.1) is 5.10 Å². The number of sulfone groups is 1. The Bertz CT molecular complexity index is 1040. The third-order valence-corrected chi connectivity index (χ3v) is 5.19. The van der Waals surface area contributed by atoms with Crippen LogP contribution in [0.2, 0.25) is 0 Å². The monoisotopic (exact) mass is 416 g/mol. The fourth-order valence-electron chi connectivity index (χ4n) is 2.61. The van der Waals surface area contributed by atoms with E-state index in [0.29, 0.717) is 41.4 Å². The molecule has 2 heterocycles. The molecule has 154 valence electrons. The lowest BCUT2D eigenvalue weighted by atomic mass is 10.1. The Morgan fingerprint density at radius 3 is 2.66 bits per heavy atom. The van der Waals surface area contributed by atoms with E-state index in [-0.39, 0.29) is 0 Å². The first-order valence-electron chi connectivity index (χ1n) is 9.22. The zero-order valence-corrected chi connectivity index (χ0v) is 17.2. The molecule has 9 nitrogen and oxygen atoms in total. The van der Waals surface area contributed by atoms with Crippen LogP contribution in [-0.2, 0) is 22.8 Å². The molecule has 0 fully saturated rings. The van der Waals surface area contributed by atoms with Gasteiger partial charge in [-0.2, -0.15) is 0 Å². The van der Waals surface area contributed by atoms with Gasteiger partial charge in [0.25, 0.3) is 0 Å². The minimum absolute atomic E-state index is 0.324. The molecule has 0 spiro atoms. The largest absolute Gasteiger partial charge is 0.461 e. The summed E-state index contributed by atoms with van der Waals surface area (Å²) < 4.78 is 28.3. The number of guanidine groups is 1. The quantitative estimate of drug-likeness (QED) is 0.377. The van der Waals surface area contributed by atoms with Crippen molar-refractivity contribution in [2.45, 2.75) is 24.8 Å². The number of furan rings is 1. The van der Waals surface area contributed by atoms with Gasteiger partial charge in [-0.05, 0) is 43.2 Å². The van der Waals surface area contributed by atoms with E-state index in [2.05, 4.69) is 30.8 Å². The van der Waals surface area contributed by atoms with Crippen LogP contribution >= 0.6 is 0 Å². The molecule has 3 rings (SSSR count). The highest BCUT2D eigenvalue weighted by molar-refractivity contribution is 7.90. The van der Waals surface area contributed by atoms with E-state index in [9.17, 15) is 8.42 Å². The van der Waals surface area contributed by atoms with Crippen LogP contribution in [0.5, 0.6) is 0 Å². The Hall–Kier alpha value is -3.14. The number of rotatable bonds is 8. The van der Waals surface area contributed by atoms with Crippen LogP contribution < -0.4 is 10.6 Å². The smallest absolute Gasteiger partial charge is 0.216 e. The fraction of sp³-hybridized carbons (Fsp3) is 0.316. The predicted octanol–water partition coefficient (Wildman–Crippen LogP) is 1.77. The highest BCUT2D eigenvalue weighted by Gasteiger charge is 2.08. The van der Waals surface area contributed by atoms with Crippen molar-refractivity contribution in [3.8, 4) is 11.6 Å². The molecule has 29 heavy (non-hydrogen) atoms. The number of hydrogen-bond donors (Lipinski definition) is 3. The number of aliphatic imine (C=N–C) groups is 1. The summed E-state index contributed by atoms with van der Waals surface area (Å²) in [5, 5.41) is 13.4. The van der Waals surface area contributed by atoms with E-state index in [1.54, 1.807) is 30.5 Å². The number of benzene rings is 1. The first-order valence-corrected chi connectivity index (χ1v) is 11.1. The first kappa shape index (κ1) is 20.6. The van der Waals surface area contributed by atoms with Crippen LogP contribution in [0.1, 0.15) is 18.3 Å². The van der Waals surface area contributed by atoms with Crippen LogP contribution in [0.3, 0.4) is 0 Å². The lowest BCUT2D eigenvalue weighted by molar-refractivity contribution is 0.577. The van der Waals surface area contributed by atoms with Gasteiger partial charge in [0.1, 0.15) is 12.4 Å². The molecular weight excluding hydrogens is 392 g/mol. The molecule has 0 aliphatic carbocycles. The number of nitrogens with one attached hydrogen (secondary N) is 3. The van der Waals surface area contributed by atoms with E-state index >= 15 is 0 Å². The maximum absolute atomic E-state index is 11.5. The second kappa shape index (κ2) is 9.37. The standard InChI is InChI=1S/C19H24N6O3S/c1-3-20-19(21-11-10-14-6-8-15(9-7-14)29(2,26)27)22-13-17-23-18(25-24-17)16-5-4-12-28-16/h4-9,12H,3,10-11,13H2,1-2H3,(H2,20,21,22)(H,23,24,25). The topological polar surface area (TPSA) is 125 Å². The zero-order chi connectivity index (χ0) is 20.7. The molecule has 0 bridgehead atoms. The van der Waals surface area contributed by atoms with Gasteiger partial charge in [0.05, 0.1) is 11.2 Å². The maximum atomic E-state index is 11.5. The number of nitrogens with zero attached hydrogens (tertiary/aromatic N) is 3. The Labute approximate surface area is 169 Å². The SMILES string of the molecule is CCNC(=NCc1nc(-c2ccco2)n[nH]1)NCCc1ccc(S(C)(=O)=O)cc1. The molecule has 0 aliphatic rings. The molecule has 2 aromatic heterocycles. The van der Waals surface area contributed by atoms with Crippen LogP contribution in [0.4, 0.5) is 0 Å². The second-order valence-electron chi connectivity index (χ2n) is 6.37. The molecule has 0 saturated carbocycles. The second-order valence-corrected chi connectivity index (χ2v) is 8.39. The minimum Gasteiger partial charge on any atom is -0.461 e. The summed E-state index contributed by atoms with van der Waals surface area (Å²) in [6, 6.07) is 10.5. The number of aromatic amines is 1. The molecule has 0 aliphatic heterocycles. The molecule has 0 unspecified atom stereocenters. The van der Waals surface area contributed by atoms with Gasteiger partial charge in [-0.25, -0.2) is 18.4 Å². The van der Waals surface area contributed by atoms with Crippen molar-refractivity contribution in [2.24, 2.45) is 4.99 Å². The van der Waals surface area contributed by atoms with Gasteiger partial charge in [0.2, 0.25) is 5.82 Å². The maximum Gasteiger partial charge on any atom is 0.216 e. The lowest BCUT2D eigenvalue weighted by Gasteiger charge is -2.11. The van der Waals surface area contributed by atoms with Gasteiger partial charge in [-0.1, -0.05) is 12.1 Å². The Morgan fingerprint density at radius 2 is 2.00 bits per heavy atom. The molecule has 3 aromatic rings. The van der Waals surface area contributed by atoms with Gasteiger partial charge in [0, 0.05) is 19.3 Å². The summed E-state index contributed by atoms with van der Waals surface area (Å²) in [5.74, 6) is 2.39. The Morgan fingerprint density at radius 1 is 1.21 bits per heavy atom. The van der Waals surface area contributed by atoms with Gasteiger partial charge < -0.3 is 15.1 Å². The van der Waals surface area contributed by atoms with E-state index in [1.165, 1.54) is 6.26 Å². The van der Waals surface area contributed by atoms with Crippen LogP contribution in [-0.4, -0.2) is 48.9 Å². The number of hydrogen-bond acceptors (Lipinski definition) is 6. The van der Waals surface area contributed by atoms with Crippen molar-refractivity contribution in [3.63, 3.8) is 0 Å². The first-order chi connectivity index (χ1) is 14.0. The van der Waals surface area contributed by atoms with E-state index in [0.717, 1.165) is 18.5 Å². The number of H-pyrrole nitrogens is 1. The summed E-state index contributed by atoms with van der Waals surface area (Å²) in [4.78, 5) is 9.20. The molecule has 0 atom stereocenters. The van der Waals surface area contributed by atoms with Crippen molar-refractivity contribution in [1.82, 2.24) is 25.8 Å². The fourth-order valence-corrected chi connectivity index (χ4v) is 3.24. The van der Waals surface area contributed by atoms with Crippen LogP contribution in [0, 0.1) is 0 Å². The van der Waals surface area contributed by atoms with Crippen LogP contribution in [0.25, 0.3) is 11.6 Å². The van der Waals surface area contributed by atoms with Gasteiger partial charge >= 0.3 is 0 Å². The molecule has 0 radical (unpaired) electrons. The van der Waals surface area contributed by atoms with Gasteiger partial charge in [0.15, 0.2) is 21.6 Å². The molecule has 1 aromatic carbocycles. The third-order valence-electron chi connectivity index (χ3n) is 4.06. The van der Waals surface area contributed by atoms with Crippen molar-refractivity contribution in [3.05, 3.63) is 54.0 Å². The summed E-state index contributed by atoms with van der Waals surface area (Å²) in [7, 11) is -3.17. The highest BCUT2D eigenvalue weighted by atomic mass is 32.2. The molecule has 0 amide bonds. The summed E-state index contributed by atoms with van der Waals surface area (Å²) in [6.07, 6.45) is 3.51. The summed E-state index contributed by atoms with van der Waals surface area (Å²) in [6.45, 7) is 3.71. The lowest BCUT2D eigenvalue weighted by Crippen LogP contribution is -2.38. The Balaban J connectivity index is 1.54. The average molecular weight is 417 g/mol. The number of aromatic nitrogens is 3. The molecule has 0 saturated heterocycles. The minimum atomic E-state index is -3.17. The molecular formula is C19H24N6O3S. The average Bonchev–Trinajstić information content (AvgIpc) is 3.37. The van der Waals surface area contributed by atoms with E-state index in [4.69, 9.17) is 4.42 Å². The highest BCUT2D eigenvalue weighted by Crippen LogP contribution is 2.14. The van der Waals surface area contributed by atoms with E-state index in [1.807, 2.05) is 19.1 Å². The predicted molar refractivity (Wildman–Crippen MR) is 110 cm³/mol. The van der Waals surface area contributed by atoms with Crippen molar-refractivity contribution < 1.29 is 12.8 Å². The summed E-state index contributed by atoms with van der Waals surface area (Å²) in [5.41, 5.74) is 1.04. The van der Waals surface area contributed by atoms with Crippen molar-refractivity contribution >= 4 is 15.8 Å². The summed E-state index contributed by atoms with van der Waals surface area (Å²) >= 11 is 0. The Kier molecular flexibility index (Phi) is 6.65. The van der Waals surface area contributed by atoms with Gasteiger partial charge in [-0.3, -0.25) is 5.10 Å².